The average Bonchev–Trinajstić information content (AvgIpc) is 2.72. The van der Waals surface area contributed by atoms with Crippen molar-refractivity contribution in [1.82, 2.24) is 9.88 Å². The van der Waals surface area contributed by atoms with Gasteiger partial charge in [0.2, 0.25) is 0 Å². The van der Waals surface area contributed by atoms with E-state index in [-0.39, 0.29) is 17.0 Å². The Morgan fingerprint density at radius 1 is 1.16 bits per heavy atom. The number of carbonyl (C=O) groups is 1. The molecular weight excluding hydrogens is 439 g/mol. The predicted molar refractivity (Wildman–Crippen MR) is 107 cm³/mol. The molecule has 0 aliphatic carbocycles. The SMILES string of the molecule is O=C(COc1ccc(Cl)c2cccnc12)N(Cc1ccccc1[N+](=O)[O-])CC(F)(F)F. The van der Waals surface area contributed by atoms with E-state index in [1.807, 2.05) is 0 Å². The molecule has 1 heterocycles. The van der Waals surface area contributed by atoms with Crippen molar-refractivity contribution >= 4 is 34.1 Å². The number of fused-ring (bicyclic) bond motifs is 1. The number of nitro benzene ring substituents is 1. The molecule has 7 nitrogen and oxygen atoms in total. The zero-order chi connectivity index (χ0) is 22.6. The molecule has 0 saturated heterocycles. The van der Waals surface area contributed by atoms with Crippen LogP contribution < -0.4 is 4.74 Å². The zero-order valence-electron chi connectivity index (χ0n) is 15.8. The van der Waals surface area contributed by atoms with Crippen molar-refractivity contribution in [2.45, 2.75) is 12.7 Å². The summed E-state index contributed by atoms with van der Waals surface area (Å²) in [6.07, 6.45) is -3.22. The maximum Gasteiger partial charge on any atom is 0.406 e. The average molecular weight is 454 g/mol. The largest absolute Gasteiger partial charge is 0.481 e. The van der Waals surface area contributed by atoms with Crippen LogP contribution in [0.4, 0.5) is 18.9 Å². The van der Waals surface area contributed by atoms with Crippen LogP contribution >= 0.6 is 11.6 Å². The summed E-state index contributed by atoms with van der Waals surface area (Å²) >= 11 is 6.09. The van der Waals surface area contributed by atoms with Gasteiger partial charge in [0.15, 0.2) is 6.61 Å². The van der Waals surface area contributed by atoms with Gasteiger partial charge in [-0.15, -0.1) is 0 Å². The second-order valence-corrected chi connectivity index (χ2v) is 6.89. The molecule has 0 atom stereocenters. The molecule has 0 bridgehead atoms. The highest BCUT2D eigenvalue weighted by Crippen LogP contribution is 2.30. The molecular formula is C20H15ClF3N3O4. The van der Waals surface area contributed by atoms with Crippen LogP contribution in [-0.2, 0) is 11.3 Å². The summed E-state index contributed by atoms with van der Waals surface area (Å²) in [6.45, 7) is -2.90. The van der Waals surface area contributed by atoms with E-state index in [9.17, 15) is 28.1 Å². The molecule has 3 aromatic rings. The van der Waals surface area contributed by atoms with E-state index in [2.05, 4.69) is 4.98 Å². The Morgan fingerprint density at radius 3 is 2.61 bits per heavy atom. The van der Waals surface area contributed by atoms with Crippen molar-refractivity contribution in [3.8, 4) is 5.75 Å². The van der Waals surface area contributed by atoms with Gasteiger partial charge in [-0.1, -0.05) is 29.8 Å². The molecule has 11 heteroatoms. The van der Waals surface area contributed by atoms with Crippen LogP contribution in [-0.4, -0.2) is 40.0 Å². The summed E-state index contributed by atoms with van der Waals surface area (Å²) < 4.78 is 44.6. The number of hydrogen-bond donors (Lipinski definition) is 0. The Balaban J connectivity index is 1.82. The van der Waals surface area contributed by atoms with Crippen molar-refractivity contribution in [2.75, 3.05) is 13.2 Å². The Kier molecular flexibility index (Phi) is 6.59. The number of nitrogens with zero attached hydrogens (tertiary/aromatic N) is 3. The molecule has 2 aromatic carbocycles. The number of amides is 1. The first-order valence-electron chi connectivity index (χ1n) is 8.88. The van der Waals surface area contributed by atoms with Gasteiger partial charge in [-0.25, -0.2) is 0 Å². The minimum atomic E-state index is -4.70. The van der Waals surface area contributed by atoms with Gasteiger partial charge in [-0.05, 0) is 24.3 Å². The Morgan fingerprint density at radius 2 is 1.90 bits per heavy atom. The van der Waals surface area contributed by atoms with Gasteiger partial charge in [0, 0.05) is 23.2 Å². The summed E-state index contributed by atoms with van der Waals surface area (Å²) in [6, 6.07) is 11.6. The lowest BCUT2D eigenvalue weighted by Crippen LogP contribution is -2.41. The molecule has 0 fully saturated rings. The van der Waals surface area contributed by atoms with Gasteiger partial charge in [0.05, 0.1) is 16.5 Å². The Labute approximate surface area is 179 Å². The number of hydrogen-bond acceptors (Lipinski definition) is 5. The normalized spacial score (nSPS) is 11.4. The van der Waals surface area contributed by atoms with Crippen LogP contribution in [0, 0.1) is 10.1 Å². The van der Waals surface area contributed by atoms with E-state index >= 15 is 0 Å². The first-order valence-corrected chi connectivity index (χ1v) is 9.26. The zero-order valence-corrected chi connectivity index (χ0v) is 16.6. The monoisotopic (exact) mass is 453 g/mol. The Hall–Kier alpha value is -3.40. The van der Waals surface area contributed by atoms with Gasteiger partial charge in [-0.2, -0.15) is 13.2 Å². The molecule has 1 amide bonds. The standard InChI is InChI=1S/C20H15ClF3N3O4/c21-15-7-8-17(19-14(15)5-3-9-25-19)31-11-18(28)26(12-20(22,23)24)10-13-4-1-2-6-16(13)27(29)30/h1-9H,10-12H2. The lowest BCUT2D eigenvalue weighted by Gasteiger charge is -2.24. The molecule has 0 N–H and O–H groups in total. The van der Waals surface area contributed by atoms with Gasteiger partial charge < -0.3 is 9.64 Å². The molecule has 31 heavy (non-hydrogen) atoms. The lowest BCUT2D eigenvalue weighted by atomic mass is 10.1. The van der Waals surface area contributed by atoms with E-state index < -0.39 is 36.7 Å². The van der Waals surface area contributed by atoms with E-state index in [4.69, 9.17) is 16.3 Å². The molecule has 1 aromatic heterocycles. The number of benzene rings is 2. The third kappa shape index (κ3) is 5.60. The lowest BCUT2D eigenvalue weighted by molar-refractivity contribution is -0.385. The number of aromatic nitrogens is 1. The highest BCUT2D eigenvalue weighted by Gasteiger charge is 2.34. The molecule has 162 valence electrons. The molecule has 0 aliphatic heterocycles. The van der Waals surface area contributed by atoms with Crippen molar-refractivity contribution in [1.29, 1.82) is 0 Å². The minimum absolute atomic E-state index is 0.0243. The van der Waals surface area contributed by atoms with Crippen LogP contribution in [0.25, 0.3) is 10.9 Å². The van der Waals surface area contributed by atoms with Crippen LogP contribution in [0.3, 0.4) is 0 Å². The van der Waals surface area contributed by atoms with Crippen LogP contribution in [0.1, 0.15) is 5.56 Å². The van der Waals surface area contributed by atoms with Gasteiger partial charge in [-0.3, -0.25) is 19.9 Å². The van der Waals surface area contributed by atoms with E-state index in [1.165, 1.54) is 36.5 Å². The van der Waals surface area contributed by atoms with E-state index in [0.717, 1.165) is 6.07 Å². The number of halogens is 4. The van der Waals surface area contributed by atoms with Crippen LogP contribution in [0.2, 0.25) is 5.02 Å². The maximum absolute atomic E-state index is 13.1. The molecule has 3 rings (SSSR count). The summed E-state index contributed by atoms with van der Waals surface area (Å²) in [7, 11) is 0. The topological polar surface area (TPSA) is 85.6 Å². The molecule has 0 spiro atoms. The van der Waals surface area contributed by atoms with E-state index in [1.54, 1.807) is 12.1 Å². The number of ether oxygens (including phenoxy) is 1. The minimum Gasteiger partial charge on any atom is -0.481 e. The first-order chi connectivity index (χ1) is 14.7. The number of pyridine rings is 1. The van der Waals surface area contributed by atoms with Crippen LogP contribution in [0.5, 0.6) is 5.75 Å². The molecule has 0 aliphatic rings. The quantitative estimate of drug-likeness (QED) is 0.380. The summed E-state index contributed by atoms with van der Waals surface area (Å²) in [4.78, 5) is 27.6. The number of para-hydroxylation sites is 1. The third-order valence-corrected chi connectivity index (χ3v) is 4.63. The van der Waals surface area contributed by atoms with Gasteiger partial charge >= 0.3 is 6.18 Å². The summed E-state index contributed by atoms with van der Waals surface area (Å²) in [5, 5.41) is 12.1. The van der Waals surface area contributed by atoms with Crippen molar-refractivity contribution in [3.05, 3.63) is 75.4 Å². The molecule has 0 saturated carbocycles. The maximum atomic E-state index is 13.1. The smallest absolute Gasteiger partial charge is 0.406 e. The number of nitro groups is 1. The molecule has 0 unspecified atom stereocenters. The third-order valence-electron chi connectivity index (χ3n) is 4.30. The summed E-state index contributed by atoms with van der Waals surface area (Å²) in [5.41, 5.74) is -0.0520. The fourth-order valence-electron chi connectivity index (χ4n) is 2.94. The summed E-state index contributed by atoms with van der Waals surface area (Å²) in [5.74, 6) is -0.819. The number of rotatable bonds is 7. The highest BCUT2D eigenvalue weighted by atomic mass is 35.5. The number of alkyl halides is 3. The van der Waals surface area contributed by atoms with Gasteiger partial charge in [0.1, 0.15) is 17.8 Å². The first kappa shape index (κ1) is 22.3. The Bertz CT molecular complexity index is 1120. The van der Waals surface area contributed by atoms with Gasteiger partial charge in [0.25, 0.3) is 11.6 Å². The van der Waals surface area contributed by atoms with E-state index in [0.29, 0.717) is 20.8 Å². The second kappa shape index (κ2) is 9.17. The van der Waals surface area contributed by atoms with Crippen molar-refractivity contribution in [3.63, 3.8) is 0 Å². The number of carbonyl (C=O) groups excluding carboxylic acids is 1. The molecule has 0 radical (unpaired) electrons. The van der Waals surface area contributed by atoms with Crippen LogP contribution in [0.15, 0.2) is 54.7 Å². The second-order valence-electron chi connectivity index (χ2n) is 6.48. The fraction of sp³-hybridized carbons (Fsp3) is 0.200. The van der Waals surface area contributed by atoms with Crippen molar-refractivity contribution < 1.29 is 27.6 Å². The predicted octanol–water partition coefficient (Wildman–Crippen LogP) is 4.77. The fourth-order valence-corrected chi connectivity index (χ4v) is 3.15. The van der Waals surface area contributed by atoms with Crippen molar-refractivity contribution in [2.24, 2.45) is 0 Å². The highest BCUT2D eigenvalue weighted by molar-refractivity contribution is 6.35.